The van der Waals surface area contributed by atoms with Gasteiger partial charge in [-0.05, 0) is 35.4 Å². The number of hydrogen-bond acceptors (Lipinski definition) is 2. The first-order valence-corrected chi connectivity index (χ1v) is 6.60. The molecule has 6 heteroatoms. The van der Waals surface area contributed by atoms with Gasteiger partial charge < -0.3 is 11.5 Å². The minimum Gasteiger partial charge on any atom is -0.322 e. The Hall–Kier alpha value is -1.56. The van der Waals surface area contributed by atoms with E-state index in [1.54, 1.807) is 24.3 Å². The minimum absolute atomic E-state index is 0.530. The summed E-state index contributed by atoms with van der Waals surface area (Å²) in [4.78, 5) is 0. The van der Waals surface area contributed by atoms with E-state index in [0.717, 1.165) is 17.7 Å². The third kappa shape index (κ3) is 3.75. The Kier molecular flexibility index (Phi) is 4.56. The molecule has 0 heterocycles. The van der Waals surface area contributed by atoms with Gasteiger partial charge in [-0.3, -0.25) is 0 Å². The molecule has 21 heavy (non-hydrogen) atoms. The molecule has 112 valence electrons. The van der Waals surface area contributed by atoms with Gasteiger partial charge in [-0.15, -0.1) is 0 Å². The maximum Gasteiger partial charge on any atom is 0.416 e. The highest BCUT2D eigenvalue weighted by Gasteiger charge is 2.30. The van der Waals surface area contributed by atoms with Crippen LogP contribution in [0.2, 0.25) is 5.02 Å². The fraction of sp³-hybridized carbons (Fsp3) is 0.200. The lowest BCUT2D eigenvalue weighted by Gasteiger charge is -2.21. The van der Waals surface area contributed by atoms with Gasteiger partial charge in [0.1, 0.15) is 0 Å². The lowest BCUT2D eigenvalue weighted by Crippen LogP contribution is -2.26. The standard InChI is InChI=1S/C15H14ClF3N2/c16-12-3-1-2-10(8-12)14(21)13(20)9-4-6-11(7-5-9)15(17,18)19/h1-8,13-14H,20-21H2. The van der Waals surface area contributed by atoms with Gasteiger partial charge in [-0.1, -0.05) is 35.9 Å². The van der Waals surface area contributed by atoms with E-state index in [1.165, 1.54) is 12.1 Å². The first-order valence-electron chi connectivity index (χ1n) is 6.23. The second-order valence-corrected chi connectivity index (χ2v) is 5.16. The molecule has 0 bridgehead atoms. The van der Waals surface area contributed by atoms with E-state index in [2.05, 4.69) is 0 Å². The largest absolute Gasteiger partial charge is 0.416 e. The molecule has 2 aromatic rings. The molecule has 2 aromatic carbocycles. The van der Waals surface area contributed by atoms with Gasteiger partial charge in [0.2, 0.25) is 0 Å². The van der Waals surface area contributed by atoms with E-state index in [1.807, 2.05) is 0 Å². The monoisotopic (exact) mass is 314 g/mol. The Morgan fingerprint density at radius 1 is 0.857 bits per heavy atom. The zero-order valence-corrected chi connectivity index (χ0v) is 11.7. The van der Waals surface area contributed by atoms with Crippen LogP contribution in [-0.4, -0.2) is 0 Å². The topological polar surface area (TPSA) is 52.0 Å². The zero-order valence-electron chi connectivity index (χ0n) is 10.9. The van der Waals surface area contributed by atoms with Crippen molar-refractivity contribution in [2.45, 2.75) is 18.3 Å². The predicted octanol–water partition coefficient (Wildman–Crippen LogP) is 4.06. The average Bonchev–Trinajstić information content (AvgIpc) is 2.45. The maximum absolute atomic E-state index is 12.5. The van der Waals surface area contributed by atoms with Crippen LogP contribution in [0.5, 0.6) is 0 Å². The fourth-order valence-corrected chi connectivity index (χ4v) is 2.22. The van der Waals surface area contributed by atoms with E-state index in [9.17, 15) is 13.2 Å². The number of hydrogen-bond donors (Lipinski definition) is 2. The molecule has 2 atom stereocenters. The van der Waals surface area contributed by atoms with E-state index in [4.69, 9.17) is 23.1 Å². The lowest BCUT2D eigenvalue weighted by atomic mass is 9.94. The summed E-state index contributed by atoms with van der Waals surface area (Å²) < 4.78 is 37.6. The normalized spacial score (nSPS) is 14.8. The van der Waals surface area contributed by atoms with Crippen LogP contribution in [0.4, 0.5) is 13.2 Å². The number of nitrogens with two attached hydrogens (primary N) is 2. The fourth-order valence-electron chi connectivity index (χ4n) is 2.02. The molecule has 0 fully saturated rings. The van der Waals surface area contributed by atoms with Crippen LogP contribution < -0.4 is 11.5 Å². The van der Waals surface area contributed by atoms with E-state index < -0.39 is 23.8 Å². The second-order valence-electron chi connectivity index (χ2n) is 4.73. The molecule has 0 amide bonds. The summed E-state index contributed by atoms with van der Waals surface area (Å²) in [7, 11) is 0. The summed E-state index contributed by atoms with van der Waals surface area (Å²) in [5.74, 6) is 0. The maximum atomic E-state index is 12.5. The molecule has 0 saturated carbocycles. The zero-order chi connectivity index (χ0) is 15.6. The van der Waals surface area contributed by atoms with Crippen molar-refractivity contribution in [2.24, 2.45) is 11.5 Å². The Balaban J connectivity index is 2.21. The van der Waals surface area contributed by atoms with Crippen LogP contribution in [0.3, 0.4) is 0 Å². The van der Waals surface area contributed by atoms with Crippen molar-refractivity contribution in [1.82, 2.24) is 0 Å². The van der Waals surface area contributed by atoms with Crippen molar-refractivity contribution in [3.8, 4) is 0 Å². The lowest BCUT2D eigenvalue weighted by molar-refractivity contribution is -0.137. The quantitative estimate of drug-likeness (QED) is 0.897. The van der Waals surface area contributed by atoms with Gasteiger partial charge in [0.05, 0.1) is 5.56 Å². The summed E-state index contributed by atoms with van der Waals surface area (Å²) in [6.07, 6.45) is -4.36. The Morgan fingerprint density at radius 2 is 1.43 bits per heavy atom. The molecule has 2 nitrogen and oxygen atoms in total. The summed E-state index contributed by atoms with van der Waals surface area (Å²) in [5.41, 5.74) is 12.6. The van der Waals surface area contributed by atoms with Crippen LogP contribution in [0.1, 0.15) is 28.8 Å². The second kappa shape index (κ2) is 6.05. The third-order valence-electron chi connectivity index (χ3n) is 3.24. The van der Waals surface area contributed by atoms with Gasteiger partial charge in [0, 0.05) is 17.1 Å². The van der Waals surface area contributed by atoms with E-state index >= 15 is 0 Å². The van der Waals surface area contributed by atoms with E-state index in [0.29, 0.717) is 10.6 Å². The van der Waals surface area contributed by atoms with Gasteiger partial charge in [-0.25, -0.2) is 0 Å². The molecule has 0 spiro atoms. The smallest absolute Gasteiger partial charge is 0.322 e. The highest BCUT2D eigenvalue weighted by Crippen LogP contribution is 2.31. The molecule has 2 rings (SSSR count). The minimum atomic E-state index is -4.36. The van der Waals surface area contributed by atoms with Gasteiger partial charge in [0.25, 0.3) is 0 Å². The summed E-state index contributed by atoms with van der Waals surface area (Å²) in [5, 5.41) is 0.530. The van der Waals surface area contributed by atoms with E-state index in [-0.39, 0.29) is 0 Å². The molecule has 0 aliphatic heterocycles. The molecule has 0 aliphatic carbocycles. The number of rotatable bonds is 3. The molecule has 0 saturated heterocycles. The van der Waals surface area contributed by atoms with Crippen LogP contribution in [0, 0.1) is 0 Å². The molecular weight excluding hydrogens is 301 g/mol. The van der Waals surface area contributed by atoms with Crippen molar-refractivity contribution in [3.63, 3.8) is 0 Å². The first-order chi connectivity index (χ1) is 9.79. The summed E-state index contributed by atoms with van der Waals surface area (Å²) >= 11 is 5.89. The predicted molar refractivity (Wildman–Crippen MR) is 76.8 cm³/mol. The van der Waals surface area contributed by atoms with Gasteiger partial charge >= 0.3 is 6.18 Å². The molecule has 2 unspecified atom stereocenters. The van der Waals surface area contributed by atoms with Gasteiger partial charge in [-0.2, -0.15) is 13.2 Å². The average molecular weight is 315 g/mol. The Labute approximate surface area is 125 Å². The molecule has 4 N–H and O–H groups in total. The Bertz CT molecular complexity index is 611. The van der Waals surface area contributed by atoms with Gasteiger partial charge in [0.15, 0.2) is 0 Å². The van der Waals surface area contributed by atoms with Crippen LogP contribution >= 0.6 is 11.6 Å². The number of alkyl halides is 3. The number of halogens is 4. The SMILES string of the molecule is NC(c1ccc(C(F)(F)F)cc1)C(N)c1cccc(Cl)c1. The Morgan fingerprint density at radius 3 is 1.95 bits per heavy atom. The molecular formula is C15H14ClF3N2. The highest BCUT2D eigenvalue weighted by molar-refractivity contribution is 6.30. The number of benzene rings is 2. The van der Waals surface area contributed by atoms with Crippen molar-refractivity contribution >= 4 is 11.6 Å². The van der Waals surface area contributed by atoms with Crippen LogP contribution in [0.25, 0.3) is 0 Å². The first kappa shape index (κ1) is 15.8. The summed E-state index contributed by atoms with van der Waals surface area (Å²) in [6.45, 7) is 0. The molecule has 0 aromatic heterocycles. The van der Waals surface area contributed by atoms with Crippen molar-refractivity contribution < 1.29 is 13.2 Å². The van der Waals surface area contributed by atoms with Crippen LogP contribution in [-0.2, 0) is 6.18 Å². The third-order valence-corrected chi connectivity index (χ3v) is 3.48. The van der Waals surface area contributed by atoms with Crippen molar-refractivity contribution in [3.05, 3.63) is 70.2 Å². The molecule has 0 radical (unpaired) electrons. The highest BCUT2D eigenvalue weighted by atomic mass is 35.5. The van der Waals surface area contributed by atoms with Crippen LogP contribution in [0.15, 0.2) is 48.5 Å². The summed E-state index contributed by atoms with van der Waals surface area (Å²) in [6, 6.07) is 10.4. The van der Waals surface area contributed by atoms with Crippen molar-refractivity contribution in [1.29, 1.82) is 0 Å². The van der Waals surface area contributed by atoms with Crippen molar-refractivity contribution in [2.75, 3.05) is 0 Å². The molecule has 0 aliphatic rings.